The Morgan fingerprint density at radius 3 is 2.89 bits per heavy atom. The molecule has 0 aliphatic rings. The fraction of sp³-hybridized carbons (Fsp3) is 0.0909. The predicted octanol–water partition coefficient (Wildman–Crippen LogP) is 3.04. The van der Waals surface area contributed by atoms with Crippen LogP contribution in [0.25, 0.3) is 0 Å². The molecule has 0 amide bonds. The van der Waals surface area contributed by atoms with E-state index >= 15 is 0 Å². The Kier molecular flexibility index (Phi) is 4.40. The van der Waals surface area contributed by atoms with Gasteiger partial charge in [0.25, 0.3) is 0 Å². The molecular weight excluding hydrogens is 316 g/mol. The number of nitrogens with zero attached hydrogens (tertiary/aromatic N) is 2. The van der Waals surface area contributed by atoms with Gasteiger partial charge >= 0.3 is 0 Å². The average molecular weight is 327 g/mol. The van der Waals surface area contributed by atoms with E-state index in [0.717, 1.165) is 10.6 Å². The summed E-state index contributed by atoms with van der Waals surface area (Å²) in [6.07, 6.45) is 3.57. The van der Waals surface area contributed by atoms with Crippen LogP contribution in [0.15, 0.2) is 39.8 Å². The van der Waals surface area contributed by atoms with E-state index in [0.29, 0.717) is 16.3 Å². The molecule has 5 nitrogen and oxygen atoms in total. The van der Waals surface area contributed by atoms with E-state index in [2.05, 4.69) is 31.3 Å². The maximum atomic E-state index is 5.76. The number of anilines is 1. The third kappa shape index (κ3) is 2.92. The number of hydrazine groups is 1. The molecule has 1 aromatic heterocycles. The molecule has 0 saturated carbocycles. The summed E-state index contributed by atoms with van der Waals surface area (Å²) in [4.78, 5) is 9.13. The van der Waals surface area contributed by atoms with Crippen LogP contribution in [0.1, 0.15) is 0 Å². The summed E-state index contributed by atoms with van der Waals surface area (Å²) >= 11 is 4.94. The molecule has 0 fully saturated rings. The Hall–Kier alpha value is -1.31. The first-order valence-corrected chi connectivity index (χ1v) is 7.06. The van der Waals surface area contributed by atoms with Gasteiger partial charge < -0.3 is 4.74 Å². The van der Waals surface area contributed by atoms with Crippen LogP contribution in [0.5, 0.6) is 11.6 Å². The number of aromatic nitrogens is 2. The van der Waals surface area contributed by atoms with Gasteiger partial charge in [-0.2, -0.15) is 4.98 Å². The van der Waals surface area contributed by atoms with E-state index in [-0.39, 0.29) is 0 Å². The monoisotopic (exact) mass is 326 g/mol. The van der Waals surface area contributed by atoms with E-state index in [4.69, 9.17) is 10.6 Å². The molecule has 0 aliphatic heterocycles. The summed E-state index contributed by atoms with van der Waals surface area (Å²) < 4.78 is 6.42. The number of benzene rings is 1. The molecule has 3 N–H and O–H groups in total. The van der Waals surface area contributed by atoms with Gasteiger partial charge in [0.15, 0.2) is 0 Å². The van der Waals surface area contributed by atoms with Crippen molar-refractivity contribution in [2.24, 2.45) is 5.84 Å². The van der Waals surface area contributed by atoms with Crippen molar-refractivity contribution in [3.63, 3.8) is 0 Å². The first-order chi connectivity index (χ1) is 8.74. The minimum Gasteiger partial charge on any atom is -0.437 e. The van der Waals surface area contributed by atoms with E-state index in [1.165, 1.54) is 0 Å². The largest absolute Gasteiger partial charge is 0.437 e. The van der Waals surface area contributed by atoms with E-state index in [1.54, 1.807) is 18.0 Å². The Labute approximate surface area is 117 Å². The van der Waals surface area contributed by atoms with Gasteiger partial charge in [0.05, 0.1) is 10.7 Å². The number of nitrogens with two attached hydrogens (primary N) is 1. The highest BCUT2D eigenvalue weighted by atomic mass is 79.9. The molecule has 0 atom stereocenters. The fourth-order valence-corrected chi connectivity index (χ4v) is 2.10. The zero-order valence-electron chi connectivity index (χ0n) is 9.55. The number of nitrogens with one attached hydrogen (secondary N) is 1. The number of ether oxygens (including phenoxy) is 1. The molecule has 0 radical (unpaired) electrons. The van der Waals surface area contributed by atoms with Gasteiger partial charge in [0, 0.05) is 4.90 Å². The lowest BCUT2D eigenvalue weighted by Gasteiger charge is -2.10. The highest BCUT2D eigenvalue weighted by Gasteiger charge is 2.09. The van der Waals surface area contributed by atoms with Crippen molar-refractivity contribution in [3.8, 4) is 11.6 Å². The van der Waals surface area contributed by atoms with Gasteiger partial charge in [-0.25, -0.2) is 10.8 Å². The summed E-state index contributed by atoms with van der Waals surface area (Å²) in [5.74, 6) is 6.73. The molecule has 94 valence electrons. The molecular formula is C11H11BrN4OS. The second-order valence-corrected chi connectivity index (χ2v) is 4.95. The minimum absolute atomic E-state index is 0.301. The topological polar surface area (TPSA) is 73.1 Å². The van der Waals surface area contributed by atoms with Gasteiger partial charge in [-0.3, -0.25) is 5.43 Å². The number of nitrogen functional groups attached to an aromatic ring is 1. The lowest BCUT2D eigenvalue weighted by molar-refractivity contribution is 0.448. The number of thioether (sulfide) groups is 1. The second kappa shape index (κ2) is 6.03. The Balaban J connectivity index is 2.33. The van der Waals surface area contributed by atoms with Crippen LogP contribution in [-0.2, 0) is 0 Å². The first-order valence-electron chi connectivity index (χ1n) is 5.04. The second-order valence-electron chi connectivity index (χ2n) is 3.24. The molecule has 0 unspecified atom stereocenters. The van der Waals surface area contributed by atoms with Crippen LogP contribution in [-0.4, -0.2) is 16.2 Å². The molecule has 0 spiro atoms. The SMILES string of the molecule is CSc1ccccc1Oc1nc(NN)ncc1Br. The lowest BCUT2D eigenvalue weighted by Crippen LogP contribution is -2.10. The molecule has 1 aromatic carbocycles. The van der Waals surface area contributed by atoms with Crippen LogP contribution in [0, 0.1) is 0 Å². The molecule has 0 bridgehead atoms. The zero-order valence-corrected chi connectivity index (χ0v) is 12.0. The molecule has 0 aliphatic carbocycles. The Morgan fingerprint density at radius 2 is 2.17 bits per heavy atom. The van der Waals surface area contributed by atoms with Gasteiger partial charge in [0.1, 0.15) is 5.75 Å². The third-order valence-electron chi connectivity index (χ3n) is 2.12. The number of hydrogen-bond acceptors (Lipinski definition) is 6. The molecule has 1 heterocycles. The van der Waals surface area contributed by atoms with Crippen molar-refractivity contribution in [2.75, 3.05) is 11.7 Å². The van der Waals surface area contributed by atoms with Crippen molar-refractivity contribution in [3.05, 3.63) is 34.9 Å². The highest BCUT2D eigenvalue weighted by molar-refractivity contribution is 9.10. The summed E-state index contributed by atoms with van der Waals surface area (Å²) in [7, 11) is 0. The quantitative estimate of drug-likeness (QED) is 0.511. The van der Waals surface area contributed by atoms with Gasteiger partial charge in [-0.05, 0) is 34.3 Å². The van der Waals surface area contributed by atoms with Crippen LogP contribution in [0.3, 0.4) is 0 Å². The molecule has 18 heavy (non-hydrogen) atoms. The van der Waals surface area contributed by atoms with E-state index in [1.807, 2.05) is 30.5 Å². The lowest BCUT2D eigenvalue weighted by atomic mass is 10.3. The van der Waals surface area contributed by atoms with Gasteiger partial charge in [-0.1, -0.05) is 12.1 Å². The van der Waals surface area contributed by atoms with Gasteiger partial charge in [0.2, 0.25) is 11.8 Å². The van der Waals surface area contributed by atoms with Crippen molar-refractivity contribution in [1.29, 1.82) is 0 Å². The van der Waals surface area contributed by atoms with Crippen LogP contribution in [0.2, 0.25) is 0 Å². The van der Waals surface area contributed by atoms with Crippen LogP contribution < -0.4 is 16.0 Å². The summed E-state index contributed by atoms with van der Waals surface area (Å²) in [6.45, 7) is 0. The van der Waals surface area contributed by atoms with E-state index < -0.39 is 0 Å². The number of halogens is 1. The van der Waals surface area contributed by atoms with Crippen molar-refractivity contribution < 1.29 is 4.74 Å². The summed E-state index contributed by atoms with van der Waals surface area (Å²) in [5.41, 5.74) is 2.38. The molecule has 7 heteroatoms. The Morgan fingerprint density at radius 1 is 1.39 bits per heavy atom. The zero-order chi connectivity index (χ0) is 13.0. The third-order valence-corrected chi connectivity index (χ3v) is 3.44. The minimum atomic E-state index is 0.301. The smallest absolute Gasteiger partial charge is 0.240 e. The maximum Gasteiger partial charge on any atom is 0.240 e. The maximum absolute atomic E-state index is 5.76. The average Bonchev–Trinajstić information content (AvgIpc) is 2.42. The van der Waals surface area contributed by atoms with Crippen molar-refractivity contribution >= 4 is 33.6 Å². The molecule has 2 rings (SSSR count). The molecule has 0 saturated heterocycles. The van der Waals surface area contributed by atoms with Crippen LogP contribution >= 0.6 is 27.7 Å². The van der Waals surface area contributed by atoms with Crippen molar-refractivity contribution in [1.82, 2.24) is 9.97 Å². The number of hydrogen-bond donors (Lipinski definition) is 2. The highest BCUT2D eigenvalue weighted by Crippen LogP contribution is 2.33. The number of para-hydroxylation sites is 1. The predicted molar refractivity (Wildman–Crippen MR) is 75.8 cm³/mol. The Bertz CT molecular complexity index is 552. The fourth-order valence-electron chi connectivity index (χ4n) is 1.30. The molecule has 2 aromatic rings. The van der Waals surface area contributed by atoms with Crippen molar-refractivity contribution in [2.45, 2.75) is 4.90 Å². The van der Waals surface area contributed by atoms with Crippen LogP contribution in [0.4, 0.5) is 5.95 Å². The first kappa shape index (κ1) is 13.1. The summed E-state index contributed by atoms with van der Waals surface area (Å²) in [6, 6.07) is 7.74. The summed E-state index contributed by atoms with van der Waals surface area (Å²) in [5, 5.41) is 0. The normalized spacial score (nSPS) is 10.2. The van der Waals surface area contributed by atoms with Gasteiger partial charge in [-0.15, -0.1) is 11.8 Å². The standard InChI is InChI=1S/C11H11BrN4OS/c1-18-9-5-3-2-4-8(9)17-10-7(12)6-14-11(15-10)16-13/h2-6H,13H2,1H3,(H,14,15,16). The van der Waals surface area contributed by atoms with E-state index in [9.17, 15) is 0 Å². The number of rotatable bonds is 4.